The molecule has 2 rings (SSSR count). The molecule has 0 aliphatic rings. The molecule has 0 heterocycles. The Kier molecular flexibility index (Phi) is 8.27. The summed E-state index contributed by atoms with van der Waals surface area (Å²) in [5.74, 6) is 3.06. The lowest BCUT2D eigenvalue weighted by atomic mass is 9.95. The van der Waals surface area contributed by atoms with Crippen molar-refractivity contribution in [3.63, 3.8) is 0 Å². The van der Waals surface area contributed by atoms with Gasteiger partial charge in [0.15, 0.2) is 11.5 Å². The van der Waals surface area contributed by atoms with Crippen molar-refractivity contribution in [2.24, 2.45) is 0 Å². The molecule has 5 nitrogen and oxygen atoms in total. The van der Waals surface area contributed by atoms with E-state index in [4.69, 9.17) is 24.1 Å². The van der Waals surface area contributed by atoms with Gasteiger partial charge in [0, 0.05) is 12.7 Å². The third-order valence-corrected chi connectivity index (χ3v) is 4.65. The molecule has 0 radical (unpaired) electrons. The summed E-state index contributed by atoms with van der Waals surface area (Å²) in [5, 5.41) is 9.08. The van der Waals surface area contributed by atoms with Crippen molar-refractivity contribution in [2.45, 2.75) is 32.1 Å². The zero-order valence-corrected chi connectivity index (χ0v) is 16.7. The normalized spacial score (nSPS) is 10.6. The van der Waals surface area contributed by atoms with Crippen LogP contribution in [0.25, 0.3) is 0 Å². The molecule has 0 amide bonds. The minimum Gasteiger partial charge on any atom is -0.497 e. The maximum absolute atomic E-state index is 9.08. The van der Waals surface area contributed by atoms with Gasteiger partial charge in [0.1, 0.15) is 11.5 Å². The van der Waals surface area contributed by atoms with Crippen LogP contribution in [0.2, 0.25) is 0 Å². The molecule has 27 heavy (non-hydrogen) atoms. The quantitative estimate of drug-likeness (QED) is 0.606. The fourth-order valence-corrected chi connectivity index (χ4v) is 3.15. The van der Waals surface area contributed by atoms with E-state index in [1.807, 2.05) is 18.2 Å². The molecular weight excluding hydrogens is 344 g/mol. The van der Waals surface area contributed by atoms with Gasteiger partial charge in [-0.3, -0.25) is 0 Å². The molecule has 0 aliphatic heterocycles. The second-order valence-corrected chi connectivity index (χ2v) is 6.38. The Bertz CT molecular complexity index is 705. The minimum atomic E-state index is 0.215. The first-order valence-electron chi connectivity index (χ1n) is 9.21. The van der Waals surface area contributed by atoms with Crippen LogP contribution >= 0.6 is 0 Å². The predicted molar refractivity (Wildman–Crippen MR) is 107 cm³/mol. The van der Waals surface area contributed by atoms with Gasteiger partial charge in [-0.2, -0.15) is 0 Å². The third kappa shape index (κ3) is 5.79. The highest BCUT2D eigenvalue weighted by Crippen LogP contribution is 2.32. The zero-order chi connectivity index (χ0) is 19.6. The van der Waals surface area contributed by atoms with Gasteiger partial charge in [-0.15, -0.1) is 0 Å². The average Bonchev–Trinajstić information content (AvgIpc) is 2.71. The van der Waals surface area contributed by atoms with Gasteiger partial charge in [-0.25, -0.2) is 0 Å². The molecule has 0 spiro atoms. The highest BCUT2D eigenvalue weighted by atomic mass is 16.5. The summed E-state index contributed by atoms with van der Waals surface area (Å²) in [6.07, 6.45) is 4.35. The molecule has 0 bridgehead atoms. The lowest BCUT2D eigenvalue weighted by Gasteiger charge is -2.15. The average molecular weight is 374 g/mol. The third-order valence-electron chi connectivity index (χ3n) is 4.65. The Balaban J connectivity index is 2.25. The number of aryl methyl sites for hydroxylation is 3. The number of hydrogen-bond donors (Lipinski definition) is 1. The molecule has 0 aromatic heterocycles. The van der Waals surface area contributed by atoms with Crippen LogP contribution in [-0.4, -0.2) is 40.2 Å². The first kappa shape index (κ1) is 20.9. The number of benzene rings is 2. The maximum atomic E-state index is 9.08. The van der Waals surface area contributed by atoms with E-state index in [0.29, 0.717) is 0 Å². The van der Waals surface area contributed by atoms with Crippen molar-refractivity contribution in [1.29, 1.82) is 0 Å². The number of hydrogen-bond acceptors (Lipinski definition) is 5. The number of methoxy groups -OCH3 is 4. The summed E-state index contributed by atoms with van der Waals surface area (Å²) < 4.78 is 21.7. The van der Waals surface area contributed by atoms with Crippen LogP contribution in [0.1, 0.15) is 29.5 Å². The second kappa shape index (κ2) is 10.7. The van der Waals surface area contributed by atoms with Crippen LogP contribution in [-0.2, 0) is 19.3 Å². The highest BCUT2D eigenvalue weighted by molar-refractivity contribution is 5.48. The van der Waals surface area contributed by atoms with Crippen molar-refractivity contribution in [3.8, 4) is 23.0 Å². The van der Waals surface area contributed by atoms with Gasteiger partial charge in [0.2, 0.25) is 0 Å². The summed E-state index contributed by atoms with van der Waals surface area (Å²) in [4.78, 5) is 0. The monoisotopic (exact) mass is 374 g/mol. The number of ether oxygens (including phenoxy) is 4. The van der Waals surface area contributed by atoms with Crippen molar-refractivity contribution in [2.75, 3.05) is 35.0 Å². The highest BCUT2D eigenvalue weighted by Gasteiger charge is 2.12. The summed E-state index contributed by atoms with van der Waals surface area (Å²) in [6, 6.07) is 10.1. The summed E-state index contributed by atoms with van der Waals surface area (Å²) in [6.45, 7) is 0.215. The standard InChI is InChI=1S/C22H30O5/c1-24-19-11-16(12-20(15-19)25-2)8-9-18-14-22(27-4)21(26-3)13-17(18)7-5-6-10-23/h11-15,23H,5-10H2,1-4H3. The molecule has 0 aliphatic carbocycles. The Hall–Kier alpha value is -2.40. The van der Waals surface area contributed by atoms with E-state index in [2.05, 4.69) is 12.1 Å². The molecular formula is C22H30O5. The van der Waals surface area contributed by atoms with Crippen LogP contribution in [0.4, 0.5) is 0 Å². The van der Waals surface area contributed by atoms with Crippen molar-refractivity contribution < 1.29 is 24.1 Å². The smallest absolute Gasteiger partial charge is 0.161 e. The fraction of sp³-hybridized carbons (Fsp3) is 0.455. The van der Waals surface area contributed by atoms with E-state index in [1.165, 1.54) is 11.1 Å². The van der Waals surface area contributed by atoms with Gasteiger partial charge >= 0.3 is 0 Å². The zero-order valence-electron chi connectivity index (χ0n) is 16.7. The predicted octanol–water partition coefficient (Wildman–Crippen LogP) is 3.82. The number of aliphatic hydroxyl groups is 1. The van der Waals surface area contributed by atoms with Crippen molar-refractivity contribution in [1.82, 2.24) is 0 Å². The topological polar surface area (TPSA) is 57.2 Å². The van der Waals surface area contributed by atoms with Gasteiger partial charge < -0.3 is 24.1 Å². The SMILES string of the molecule is COc1cc(CCc2cc(OC)c(OC)cc2CCCCO)cc(OC)c1. The molecule has 0 saturated heterocycles. The van der Waals surface area contributed by atoms with Gasteiger partial charge in [-0.05, 0) is 73.1 Å². The Morgan fingerprint density at radius 3 is 1.67 bits per heavy atom. The lowest BCUT2D eigenvalue weighted by Crippen LogP contribution is -2.02. The number of unbranched alkanes of at least 4 members (excludes halogenated alkanes) is 1. The molecule has 0 fully saturated rings. The van der Waals surface area contributed by atoms with E-state index in [0.717, 1.165) is 60.7 Å². The molecule has 0 atom stereocenters. The van der Waals surface area contributed by atoms with Crippen molar-refractivity contribution >= 4 is 0 Å². The summed E-state index contributed by atoms with van der Waals surface area (Å²) in [7, 11) is 6.62. The largest absolute Gasteiger partial charge is 0.497 e. The number of rotatable bonds is 11. The molecule has 2 aromatic rings. The summed E-state index contributed by atoms with van der Waals surface area (Å²) >= 11 is 0. The summed E-state index contributed by atoms with van der Waals surface area (Å²) in [5.41, 5.74) is 3.62. The maximum Gasteiger partial charge on any atom is 0.161 e. The van der Waals surface area contributed by atoms with Crippen LogP contribution in [0, 0.1) is 0 Å². The van der Waals surface area contributed by atoms with E-state index in [-0.39, 0.29) is 6.61 Å². The van der Waals surface area contributed by atoms with Crippen LogP contribution in [0.15, 0.2) is 30.3 Å². The second-order valence-electron chi connectivity index (χ2n) is 6.38. The molecule has 148 valence electrons. The first-order valence-corrected chi connectivity index (χ1v) is 9.21. The van der Waals surface area contributed by atoms with E-state index < -0.39 is 0 Å². The Labute approximate surface area is 161 Å². The van der Waals surface area contributed by atoms with E-state index in [9.17, 15) is 0 Å². The molecule has 0 unspecified atom stereocenters. The Morgan fingerprint density at radius 2 is 1.19 bits per heavy atom. The van der Waals surface area contributed by atoms with Gasteiger partial charge in [-0.1, -0.05) is 0 Å². The molecule has 5 heteroatoms. The first-order chi connectivity index (χ1) is 13.1. The molecule has 1 N–H and O–H groups in total. The number of aliphatic hydroxyl groups excluding tert-OH is 1. The molecule has 0 saturated carbocycles. The van der Waals surface area contributed by atoms with E-state index >= 15 is 0 Å². The van der Waals surface area contributed by atoms with E-state index in [1.54, 1.807) is 28.4 Å². The van der Waals surface area contributed by atoms with Gasteiger partial charge in [0.25, 0.3) is 0 Å². The van der Waals surface area contributed by atoms with Crippen LogP contribution < -0.4 is 18.9 Å². The lowest BCUT2D eigenvalue weighted by molar-refractivity contribution is 0.284. The van der Waals surface area contributed by atoms with Crippen LogP contribution in [0.5, 0.6) is 23.0 Å². The van der Waals surface area contributed by atoms with Gasteiger partial charge in [0.05, 0.1) is 28.4 Å². The fourth-order valence-electron chi connectivity index (χ4n) is 3.15. The Morgan fingerprint density at radius 1 is 0.630 bits per heavy atom. The van der Waals surface area contributed by atoms with Crippen LogP contribution in [0.3, 0.4) is 0 Å². The van der Waals surface area contributed by atoms with Crippen molar-refractivity contribution in [3.05, 3.63) is 47.0 Å². The minimum absolute atomic E-state index is 0.215. The molecule has 2 aromatic carbocycles.